The number of benzene rings is 1. The third kappa shape index (κ3) is 2.66. The molecule has 8 heteroatoms. The van der Waals surface area contributed by atoms with E-state index < -0.39 is 27.1 Å². The van der Waals surface area contributed by atoms with Gasteiger partial charge < -0.3 is 10.0 Å². The topological polar surface area (TPSA) is 118 Å². The second-order valence-electron chi connectivity index (χ2n) is 4.75. The molecule has 20 heavy (non-hydrogen) atoms. The molecular formula is C12H14N2O5S. The highest BCUT2D eigenvalue weighted by molar-refractivity contribution is 7.89. The number of anilines is 1. The summed E-state index contributed by atoms with van der Waals surface area (Å²) in [6.07, 6.45) is -0.230. The van der Waals surface area contributed by atoms with Crippen molar-refractivity contribution in [1.82, 2.24) is 0 Å². The minimum Gasteiger partial charge on any atom is -0.478 e. The molecule has 1 aromatic rings. The predicted octanol–water partition coefficient (Wildman–Crippen LogP) is 0.0870. The Labute approximate surface area is 116 Å². The highest BCUT2D eigenvalue weighted by Crippen LogP contribution is 2.28. The number of primary sulfonamides is 1. The predicted molar refractivity (Wildman–Crippen MR) is 72.0 cm³/mol. The van der Waals surface area contributed by atoms with Crippen LogP contribution in [0.2, 0.25) is 0 Å². The van der Waals surface area contributed by atoms with Gasteiger partial charge in [0.2, 0.25) is 15.9 Å². The second-order valence-corrected chi connectivity index (χ2v) is 6.59. The first-order valence-electron chi connectivity index (χ1n) is 5.86. The van der Waals surface area contributed by atoms with Crippen molar-refractivity contribution in [1.29, 1.82) is 0 Å². The largest absolute Gasteiger partial charge is 0.478 e. The van der Waals surface area contributed by atoms with E-state index in [0.29, 0.717) is 0 Å². The van der Waals surface area contributed by atoms with Crippen molar-refractivity contribution < 1.29 is 23.1 Å². The summed E-state index contributed by atoms with van der Waals surface area (Å²) in [5, 5.41) is 13.2. The lowest BCUT2D eigenvalue weighted by Gasteiger charge is -2.19. The Morgan fingerprint density at radius 3 is 2.60 bits per heavy atom. The molecule has 7 nitrogen and oxygen atoms in total. The maximum Gasteiger partial charge on any atom is 0.337 e. The van der Waals surface area contributed by atoms with Crippen LogP contribution < -0.4 is 10.0 Å². The fourth-order valence-corrected chi connectivity index (χ4v) is 2.92. The number of aromatic carboxylic acids is 1. The van der Waals surface area contributed by atoms with Crippen molar-refractivity contribution in [3.63, 3.8) is 0 Å². The third-order valence-electron chi connectivity index (χ3n) is 3.23. The van der Waals surface area contributed by atoms with Crippen molar-refractivity contribution in [3.05, 3.63) is 29.3 Å². The molecule has 0 aromatic heterocycles. The van der Waals surface area contributed by atoms with E-state index in [1.807, 2.05) is 0 Å². The summed E-state index contributed by atoms with van der Waals surface area (Å²) >= 11 is 0. The highest BCUT2D eigenvalue weighted by atomic mass is 32.2. The number of carbonyl (C=O) groups excluding carboxylic acids is 1. The van der Waals surface area contributed by atoms with E-state index in [9.17, 15) is 23.1 Å². The zero-order valence-corrected chi connectivity index (χ0v) is 11.6. The van der Waals surface area contributed by atoms with Gasteiger partial charge in [0.05, 0.1) is 11.3 Å². The molecule has 1 fully saturated rings. The van der Waals surface area contributed by atoms with Crippen LogP contribution in [0.25, 0.3) is 0 Å². The Morgan fingerprint density at radius 1 is 1.45 bits per heavy atom. The zero-order chi connectivity index (χ0) is 15.1. The molecule has 0 saturated carbocycles. The van der Waals surface area contributed by atoms with Crippen LogP contribution in [0, 0.1) is 6.92 Å². The summed E-state index contributed by atoms with van der Waals surface area (Å²) in [5.74, 6) is -1.62. The van der Waals surface area contributed by atoms with Gasteiger partial charge in [0.25, 0.3) is 0 Å². The lowest BCUT2D eigenvalue weighted by atomic mass is 10.1. The summed E-state index contributed by atoms with van der Waals surface area (Å²) in [5.41, 5.74) is 0.897. The van der Waals surface area contributed by atoms with Crippen molar-refractivity contribution in [2.75, 3.05) is 11.4 Å². The van der Waals surface area contributed by atoms with Crippen LogP contribution in [0.5, 0.6) is 0 Å². The van der Waals surface area contributed by atoms with Crippen molar-refractivity contribution in [3.8, 4) is 0 Å². The second kappa shape index (κ2) is 4.88. The molecule has 108 valence electrons. The number of carboxylic acids is 1. The average Bonchev–Trinajstić information content (AvgIpc) is 2.71. The van der Waals surface area contributed by atoms with E-state index in [4.69, 9.17) is 5.14 Å². The van der Waals surface area contributed by atoms with Gasteiger partial charge in [-0.3, -0.25) is 4.79 Å². The molecule has 0 radical (unpaired) electrons. The van der Waals surface area contributed by atoms with Gasteiger partial charge in [0.15, 0.2) is 0 Å². The summed E-state index contributed by atoms with van der Waals surface area (Å²) in [6.45, 7) is 1.61. The average molecular weight is 298 g/mol. The molecule has 1 aromatic carbocycles. The minimum atomic E-state index is -3.83. The smallest absolute Gasteiger partial charge is 0.337 e. The first kappa shape index (κ1) is 14.5. The highest BCUT2D eigenvalue weighted by Gasteiger charge is 2.38. The number of amides is 1. The monoisotopic (exact) mass is 298 g/mol. The van der Waals surface area contributed by atoms with E-state index in [2.05, 4.69) is 0 Å². The van der Waals surface area contributed by atoms with Crippen molar-refractivity contribution in [2.24, 2.45) is 5.14 Å². The van der Waals surface area contributed by atoms with E-state index >= 15 is 0 Å². The van der Waals surface area contributed by atoms with Crippen molar-refractivity contribution in [2.45, 2.75) is 18.6 Å². The number of hydrogen-bond acceptors (Lipinski definition) is 4. The van der Waals surface area contributed by atoms with E-state index in [-0.39, 0.29) is 24.2 Å². The number of sulfonamides is 1. The van der Waals surface area contributed by atoms with E-state index in [0.717, 1.165) is 10.5 Å². The summed E-state index contributed by atoms with van der Waals surface area (Å²) < 4.78 is 22.6. The van der Waals surface area contributed by atoms with Gasteiger partial charge in [-0.05, 0) is 19.1 Å². The molecule has 0 aliphatic carbocycles. The fourth-order valence-electron chi connectivity index (χ4n) is 2.18. The lowest BCUT2D eigenvalue weighted by Crippen LogP contribution is -2.32. The Bertz CT molecular complexity index is 683. The van der Waals surface area contributed by atoms with Gasteiger partial charge in [0, 0.05) is 13.0 Å². The number of aryl methyl sites for hydroxylation is 1. The van der Waals surface area contributed by atoms with Gasteiger partial charge >= 0.3 is 5.97 Å². The molecule has 1 heterocycles. The molecule has 1 unspecified atom stereocenters. The molecule has 3 N–H and O–H groups in total. The van der Waals surface area contributed by atoms with Crippen LogP contribution in [-0.2, 0) is 14.8 Å². The van der Waals surface area contributed by atoms with Crippen LogP contribution in [0.1, 0.15) is 22.3 Å². The summed E-state index contributed by atoms with van der Waals surface area (Å²) in [6, 6.07) is 4.61. The van der Waals surface area contributed by atoms with Crippen LogP contribution in [0.15, 0.2) is 18.2 Å². The Kier molecular flexibility index (Phi) is 3.53. The SMILES string of the molecule is Cc1ccc(N2CC(S(N)(=O)=O)CC2=O)c(C(=O)O)c1. The first-order valence-corrected chi connectivity index (χ1v) is 7.47. The van der Waals surface area contributed by atoms with E-state index in [1.54, 1.807) is 13.0 Å². The number of carbonyl (C=O) groups is 2. The zero-order valence-electron chi connectivity index (χ0n) is 10.7. The van der Waals surface area contributed by atoms with Gasteiger partial charge in [0.1, 0.15) is 5.25 Å². The van der Waals surface area contributed by atoms with Gasteiger partial charge in [-0.1, -0.05) is 11.6 Å². The van der Waals surface area contributed by atoms with Crippen LogP contribution in [-0.4, -0.2) is 37.2 Å². The molecule has 1 aliphatic heterocycles. The number of nitrogens with zero attached hydrogens (tertiary/aromatic N) is 1. The number of rotatable bonds is 3. The summed E-state index contributed by atoms with van der Waals surface area (Å²) in [7, 11) is -3.83. The molecule has 1 saturated heterocycles. The molecule has 1 atom stereocenters. The number of carboxylic acid groups (broad SMARTS) is 1. The standard InChI is InChI=1S/C12H14N2O5S/c1-7-2-3-10(9(4-7)12(16)17)14-6-8(5-11(14)15)20(13,18)19/h2-4,8H,5-6H2,1H3,(H,16,17)(H2,13,18,19). The van der Waals surface area contributed by atoms with Crippen molar-refractivity contribution >= 4 is 27.6 Å². The molecule has 2 rings (SSSR count). The van der Waals surface area contributed by atoms with Gasteiger partial charge in [-0.25, -0.2) is 18.4 Å². The Hall–Kier alpha value is -1.93. The molecular weight excluding hydrogens is 284 g/mol. The molecule has 1 aliphatic rings. The van der Waals surface area contributed by atoms with E-state index in [1.165, 1.54) is 12.1 Å². The van der Waals surface area contributed by atoms with Crippen LogP contribution in [0.3, 0.4) is 0 Å². The fraction of sp³-hybridized carbons (Fsp3) is 0.333. The quantitative estimate of drug-likeness (QED) is 0.819. The summed E-state index contributed by atoms with van der Waals surface area (Å²) in [4.78, 5) is 24.3. The Morgan fingerprint density at radius 2 is 2.10 bits per heavy atom. The molecule has 0 bridgehead atoms. The lowest BCUT2D eigenvalue weighted by molar-refractivity contribution is -0.117. The van der Waals surface area contributed by atoms with Crippen LogP contribution in [0.4, 0.5) is 5.69 Å². The number of hydrogen-bond donors (Lipinski definition) is 2. The minimum absolute atomic E-state index is 0.0339. The maximum absolute atomic E-state index is 11.9. The number of nitrogens with two attached hydrogens (primary N) is 1. The third-order valence-corrected chi connectivity index (χ3v) is 4.47. The van der Waals surface area contributed by atoms with Gasteiger partial charge in [-0.15, -0.1) is 0 Å². The molecule has 0 spiro atoms. The normalized spacial score (nSPS) is 19.4. The maximum atomic E-state index is 11.9. The van der Waals surface area contributed by atoms with Crippen LogP contribution >= 0.6 is 0 Å². The van der Waals surface area contributed by atoms with Gasteiger partial charge in [-0.2, -0.15) is 0 Å². The molecule has 1 amide bonds. The Balaban J connectivity index is 2.43. The first-order chi connectivity index (χ1) is 9.20.